The van der Waals surface area contributed by atoms with Crippen molar-refractivity contribution in [1.29, 1.82) is 0 Å². The fraction of sp³-hybridized carbons (Fsp3) is 0.935. The molecule has 0 saturated carbocycles. The molecule has 0 aliphatic carbocycles. The molecule has 0 aromatic rings. The van der Waals surface area contributed by atoms with E-state index < -0.39 is 28.8 Å². The highest BCUT2D eigenvalue weighted by Crippen LogP contribution is 2.52. The minimum absolute atomic E-state index is 0.0740. The van der Waals surface area contributed by atoms with E-state index in [9.17, 15) is 14.7 Å². The molecule has 40 heavy (non-hydrogen) atoms. The Morgan fingerprint density at radius 1 is 0.700 bits per heavy atom. The number of carbonyl (C=O) groups excluding carboxylic acids is 2. The normalized spacial score (nSPS) is 31.8. The zero-order chi connectivity index (χ0) is 30.5. The van der Waals surface area contributed by atoms with E-state index in [0.29, 0.717) is 25.7 Å². The molecule has 4 aliphatic heterocycles. The largest absolute Gasteiger partial charge is 0.389 e. The lowest BCUT2D eigenvalue weighted by atomic mass is 9.70. The molecule has 0 bridgehead atoms. The van der Waals surface area contributed by atoms with E-state index in [0.717, 1.165) is 6.54 Å². The van der Waals surface area contributed by atoms with Crippen LogP contribution in [0.5, 0.6) is 0 Å². The molecule has 2 amide bonds. The number of piperidine rings is 2. The van der Waals surface area contributed by atoms with Crippen LogP contribution in [0.4, 0.5) is 0 Å². The predicted molar refractivity (Wildman–Crippen MR) is 156 cm³/mol. The second-order valence-corrected chi connectivity index (χ2v) is 16.5. The van der Waals surface area contributed by atoms with Gasteiger partial charge in [0.05, 0.1) is 19.2 Å². The Kier molecular flexibility index (Phi) is 7.22. The van der Waals surface area contributed by atoms with Crippen LogP contribution in [0.25, 0.3) is 0 Å². The Balaban J connectivity index is 1.54. The third-order valence-corrected chi connectivity index (χ3v) is 9.59. The summed E-state index contributed by atoms with van der Waals surface area (Å²) in [6.07, 6.45) is 1.31. The number of amides is 2. The minimum Gasteiger partial charge on any atom is -0.389 e. The maximum atomic E-state index is 14.2. The summed E-state index contributed by atoms with van der Waals surface area (Å²) in [6.45, 7) is 27.9. The van der Waals surface area contributed by atoms with Gasteiger partial charge in [0.25, 0.3) is 11.8 Å². The molecule has 0 radical (unpaired) electrons. The fourth-order valence-corrected chi connectivity index (χ4v) is 9.49. The molecule has 0 aromatic carbocycles. The Morgan fingerprint density at radius 2 is 1.05 bits per heavy atom. The van der Waals surface area contributed by atoms with Crippen molar-refractivity contribution in [3.8, 4) is 0 Å². The third-order valence-electron chi connectivity index (χ3n) is 9.59. The highest BCUT2D eigenvalue weighted by atomic mass is 16.6. The first kappa shape index (κ1) is 31.7. The van der Waals surface area contributed by atoms with E-state index in [4.69, 9.17) is 9.47 Å². The summed E-state index contributed by atoms with van der Waals surface area (Å²) < 4.78 is 13.2. The average Bonchev–Trinajstić information content (AvgIpc) is 2.96. The van der Waals surface area contributed by atoms with Crippen molar-refractivity contribution in [3.63, 3.8) is 0 Å². The van der Waals surface area contributed by atoms with Crippen LogP contribution in [0.15, 0.2) is 0 Å². The van der Waals surface area contributed by atoms with Crippen LogP contribution in [-0.4, -0.2) is 102 Å². The molecule has 4 heterocycles. The summed E-state index contributed by atoms with van der Waals surface area (Å²) in [5, 5.41) is 15.0. The van der Waals surface area contributed by atoms with Gasteiger partial charge in [-0.2, -0.15) is 0 Å². The van der Waals surface area contributed by atoms with Gasteiger partial charge in [-0.05, 0) is 89.6 Å². The van der Waals surface area contributed by atoms with Crippen LogP contribution in [0.3, 0.4) is 0 Å². The fourth-order valence-electron chi connectivity index (χ4n) is 9.49. The zero-order valence-electron chi connectivity index (χ0n) is 27.4. The van der Waals surface area contributed by atoms with Crippen molar-refractivity contribution in [2.75, 3.05) is 19.6 Å². The molecule has 2 N–H and O–H groups in total. The highest BCUT2D eigenvalue weighted by molar-refractivity contribution is 5.89. The molecule has 4 saturated heterocycles. The number of carbonyl (C=O) groups is 2. The molecule has 2 spiro atoms. The summed E-state index contributed by atoms with van der Waals surface area (Å²) in [4.78, 5) is 34.0. The van der Waals surface area contributed by atoms with E-state index >= 15 is 0 Å². The van der Waals surface area contributed by atoms with E-state index in [1.54, 1.807) is 9.80 Å². The Bertz CT molecular complexity index is 1010. The summed E-state index contributed by atoms with van der Waals surface area (Å²) in [6, 6.07) is 0. The van der Waals surface area contributed by atoms with Crippen LogP contribution in [0.1, 0.15) is 116 Å². The molecule has 4 aliphatic rings. The molecular weight excluding hydrogens is 508 g/mol. The van der Waals surface area contributed by atoms with Crippen molar-refractivity contribution < 1.29 is 24.2 Å². The zero-order valence-corrected chi connectivity index (χ0v) is 27.4. The Hall–Kier alpha value is -1.26. The van der Waals surface area contributed by atoms with E-state index in [1.165, 1.54) is 0 Å². The molecule has 1 atom stereocenters. The topological polar surface area (TPSA) is 94.6 Å². The number of hydrogen-bond acceptors (Lipinski definition) is 7. The molecule has 230 valence electrons. The maximum absolute atomic E-state index is 14.2. The second-order valence-electron chi connectivity index (χ2n) is 16.5. The van der Waals surface area contributed by atoms with Crippen molar-refractivity contribution in [1.82, 2.24) is 20.0 Å². The van der Waals surface area contributed by atoms with Crippen LogP contribution in [-0.2, 0) is 19.1 Å². The van der Waals surface area contributed by atoms with Gasteiger partial charge >= 0.3 is 0 Å². The van der Waals surface area contributed by atoms with Crippen molar-refractivity contribution in [2.45, 2.75) is 167 Å². The average molecular weight is 565 g/mol. The van der Waals surface area contributed by atoms with Crippen molar-refractivity contribution in [2.24, 2.45) is 0 Å². The number of aliphatic hydroxyl groups is 1. The molecule has 9 heteroatoms. The minimum atomic E-state index is -0.957. The number of rotatable bonds is 5. The predicted octanol–water partition coefficient (Wildman–Crippen LogP) is 3.63. The number of aliphatic hydroxyl groups excluding tert-OH is 1. The number of nitrogens with one attached hydrogen (secondary N) is 1. The molecular formula is C31H56N4O5. The first-order valence-electron chi connectivity index (χ1n) is 15.1. The molecule has 4 fully saturated rings. The van der Waals surface area contributed by atoms with Gasteiger partial charge < -0.3 is 29.7 Å². The van der Waals surface area contributed by atoms with Gasteiger partial charge in [0.15, 0.2) is 11.2 Å². The van der Waals surface area contributed by atoms with Crippen molar-refractivity contribution in [3.05, 3.63) is 0 Å². The maximum Gasteiger partial charge on any atom is 0.257 e. The first-order valence-corrected chi connectivity index (χ1v) is 15.1. The summed E-state index contributed by atoms with van der Waals surface area (Å²) in [7, 11) is 0. The second kappa shape index (κ2) is 9.12. The number of likely N-dealkylation sites (tertiary alicyclic amines) is 1. The number of hydrogen-bond donors (Lipinski definition) is 2. The monoisotopic (exact) mass is 564 g/mol. The number of β-amino-alcohol motifs (C(OH)–C–C–N with tert-alkyl or cyclic N) is 1. The van der Waals surface area contributed by atoms with Crippen LogP contribution < -0.4 is 5.32 Å². The van der Waals surface area contributed by atoms with Gasteiger partial charge in [0.2, 0.25) is 0 Å². The van der Waals surface area contributed by atoms with Gasteiger partial charge in [0.1, 0.15) is 11.4 Å². The van der Waals surface area contributed by atoms with E-state index in [1.807, 2.05) is 27.7 Å². The van der Waals surface area contributed by atoms with Gasteiger partial charge in [-0.3, -0.25) is 14.5 Å². The van der Waals surface area contributed by atoms with Gasteiger partial charge in [-0.15, -0.1) is 0 Å². The lowest BCUT2D eigenvalue weighted by Gasteiger charge is -2.57. The summed E-state index contributed by atoms with van der Waals surface area (Å²) in [5.74, 6) is -0.163. The lowest BCUT2D eigenvalue weighted by molar-refractivity contribution is -0.185. The van der Waals surface area contributed by atoms with Gasteiger partial charge in [-0.25, -0.2) is 0 Å². The van der Waals surface area contributed by atoms with E-state index in [-0.39, 0.29) is 47.1 Å². The first-order chi connectivity index (χ1) is 17.8. The Morgan fingerprint density at radius 3 is 1.40 bits per heavy atom. The highest BCUT2D eigenvalue weighted by Gasteiger charge is 2.65. The molecule has 1 unspecified atom stereocenters. The summed E-state index contributed by atoms with van der Waals surface area (Å²) in [5.41, 5.74) is -4.71. The smallest absolute Gasteiger partial charge is 0.257 e. The van der Waals surface area contributed by atoms with Crippen LogP contribution >= 0.6 is 0 Å². The third kappa shape index (κ3) is 5.23. The standard InChI is InChI=1S/C31H56N4O5/c1-14-35-26(6,7)19-31(20-27(35,8)9)23(38)34(29(12,13)40-31)16-21(36)15-33-22(37)30(39-28(33,10)11)17-24(2,3)32-25(4,5)18-30/h21,32,36H,14-20H2,1-13H3. The van der Waals surface area contributed by atoms with Crippen LogP contribution in [0.2, 0.25) is 0 Å². The summed E-state index contributed by atoms with van der Waals surface area (Å²) >= 11 is 0. The van der Waals surface area contributed by atoms with Gasteiger partial charge in [-0.1, -0.05) is 6.92 Å². The quantitative estimate of drug-likeness (QED) is 0.527. The lowest BCUT2D eigenvalue weighted by Crippen LogP contribution is -2.67. The Labute approximate surface area is 242 Å². The number of ether oxygens (including phenoxy) is 2. The molecule has 9 nitrogen and oxygen atoms in total. The van der Waals surface area contributed by atoms with Gasteiger partial charge in [0, 0.05) is 47.8 Å². The van der Waals surface area contributed by atoms with Crippen LogP contribution in [0, 0.1) is 0 Å². The molecule has 4 rings (SSSR count). The van der Waals surface area contributed by atoms with E-state index in [2.05, 4.69) is 72.5 Å². The SMILES string of the molecule is CCN1C(C)(C)CC2(CC1(C)C)OC(C)(C)N(CC(O)CN1C(=O)C3(CC(C)(C)NC(C)(C)C3)OC1(C)C)C2=O. The molecule has 0 aromatic heterocycles. The van der Waals surface area contributed by atoms with Crippen molar-refractivity contribution >= 4 is 11.8 Å². The number of nitrogens with zero attached hydrogens (tertiary/aromatic N) is 3.